The van der Waals surface area contributed by atoms with Crippen molar-refractivity contribution in [2.45, 2.75) is 31.4 Å². The van der Waals surface area contributed by atoms with Crippen LogP contribution in [0.1, 0.15) is 44.1 Å². The van der Waals surface area contributed by atoms with Gasteiger partial charge in [0.2, 0.25) is 0 Å². The minimum Gasteiger partial charge on any atom is -0.465 e. The average molecular weight is 554 g/mol. The Kier molecular flexibility index (Phi) is 9.57. The zero-order valence-corrected chi connectivity index (χ0v) is 20.3. The first kappa shape index (κ1) is 29.5. The Morgan fingerprint density at radius 1 is 0.795 bits per heavy atom. The number of carbonyl (C=O) groups is 2. The highest BCUT2D eigenvalue weighted by molar-refractivity contribution is 5.94. The SMILES string of the molecule is O=C(O)NCc1ccc(C(=O)NCC(COCc2cc(C(F)(F)F)cc(C(F)(F)F)c2)c2ccccc2)cc1. The molecule has 2 amide bonds. The maximum atomic E-state index is 13.1. The van der Waals surface area contributed by atoms with Gasteiger partial charge >= 0.3 is 18.4 Å². The molecule has 0 bridgehead atoms. The van der Waals surface area contributed by atoms with Crippen molar-refractivity contribution >= 4 is 12.0 Å². The van der Waals surface area contributed by atoms with Crippen LogP contribution < -0.4 is 10.6 Å². The molecule has 3 N–H and O–H groups in total. The second-order valence-corrected chi connectivity index (χ2v) is 8.60. The molecule has 0 saturated heterocycles. The first-order valence-corrected chi connectivity index (χ1v) is 11.6. The monoisotopic (exact) mass is 554 g/mol. The van der Waals surface area contributed by atoms with E-state index in [4.69, 9.17) is 9.84 Å². The van der Waals surface area contributed by atoms with Crippen LogP contribution in [0.15, 0.2) is 72.8 Å². The molecule has 0 aliphatic carbocycles. The molecule has 12 heteroatoms. The second kappa shape index (κ2) is 12.7. The number of rotatable bonds is 10. The largest absolute Gasteiger partial charge is 0.465 e. The van der Waals surface area contributed by atoms with Crippen molar-refractivity contribution in [3.63, 3.8) is 0 Å². The van der Waals surface area contributed by atoms with Crippen molar-refractivity contribution in [2.75, 3.05) is 13.2 Å². The lowest BCUT2D eigenvalue weighted by atomic mass is 9.99. The third-order valence-corrected chi connectivity index (χ3v) is 5.68. The molecule has 0 saturated carbocycles. The van der Waals surface area contributed by atoms with E-state index in [1.807, 2.05) is 0 Å². The van der Waals surface area contributed by atoms with Gasteiger partial charge in [-0.05, 0) is 47.0 Å². The van der Waals surface area contributed by atoms with Crippen molar-refractivity contribution in [1.29, 1.82) is 0 Å². The van der Waals surface area contributed by atoms with E-state index in [-0.39, 0.29) is 31.3 Å². The van der Waals surface area contributed by atoms with E-state index < -0.39 is 48.0 Å². The molecule has 0 aromatic heterocycles. The molecule has 208 valence electrons. The van der Waals surface area contributed by atoms with Crippen LogP contribution in [0.2, 0.25) is 0 Å². The Morgan fingerprint density at radius 3 is 1.92 bits per heavy atom. The predicted molar refractivity (Wildman–Crippen MR) is 129 cm³/mol. The van der Waals surface area contributed by atoms with Gasteiger partial charge in [-0.1, -0.05) is 42.5 Å². The fraction of sp³-hybridized carbons (Fsp3) is 0.259. The van der Waals surface area contributed by atoms with Crippen LogP contribution >= 0.6 is 0 Å². The predicted octanol–water partition coefficient (Wildman–Crippen LogP) is 6.22. The molecular weight excluding hydrogens is 530 g/mol. The lowest BCUT2D eigenvalue weighted by Gasteiger charge is -2.19. The van der Waals surface area contributed by atoms with Gasteiger partial charge in [-0.25, -0.2) is 4.79 Å². The molecule has 6 nitrogen and oxygen atoms in total. The van der Waals surface area contributed by atoms with E-state index in [9.17, 15) is 35.9 Å². The van der Waals surface area contributed by atoms with Gasteiger partial charge in [0.1, 0.15) is 0 Å². The summed E-state index contributed by atoms with van der Waals surface area (Å²) >= 11 is 0. The number of benzene rings is 3. The fourth-order valence-corrected chi connectivity index (χ4v) is 3.69. The Balaban J connectivity index is 1.67. The van der Waals surface area contributed by atoms with Gasteiger partial charge in [-0.15, -0.1) is 0 Å². The molecule has 0 fully saturated rings. The van der Waals surface area contributed by atoms with E-state index in [1.54, 1.807) is 42.5 Å². The highest BCUT2D eigenvalue weighted by Crippen LogP contribution is 2.36. The summed E-state index contributed by atoms with van der Waals surface area (Å²) in [5, 5.41) is 13.6. The number of carbonyl (C=O) groups excluding carboxylic acids is 1. The van der Waals surface area contributed by atoms with Gasteiger partial charge in [-0.3, -0.25) is 4.79 Å². The molecule has 3 rings (SSSR count). The molecule has 0 aliphatic heterocycles. The first-order valence-electron chi connectivity index (χ1n) is 11.6. The summed E-state index contributed by atoms with van der Waals surface area (Å²) in [5.74, 6) is -0.886. The Morgan fingerprint density at radius 2 is 1.38 bits per heavy atom. The molecule has 0 heterocycles. The third kappa shape index (κ3) is 9.02. The zero-order valence-electron chi connectivity index (χ0n) is 20.3. The quantitative estimate of drug-likeness (QED) is 0.260. The molecule has 0 radical (unpaired) electrons. The molecule has 1 atom stereocenters. The molecule has 1 unspecified atom stereocenters. The number of halogens is 6. The standard InChI is InChI=1S/C27H24F6N2O4/c28-26(29,30)22-10-18(11-23(12-22)27(31,32)33)15-39-16-21(19-4-2-1-3-5-19)14-34-24(36)20-8-6-17(7-9-20)13-35-25(37)38/h1-12,21,35H,13-16H2,(H,34,36)(H,37,38). The summed E-state index contributed by atoms with van der Waals surface area (Å²) in [6, 6.07) is 16.3. The number of hydrogen-bond acceptors (Lipinski definition) is 3. The van der Waals surface area contributed by atoms with Gasteiger partial charge in [0.15, 0.2) is 0 Å². The topological polar surface area (TPSA) is 87.7 Å². The number of hydrogen-bond donors (Lipinski definition) is 3. The number of amides is 2. The molecule has 0 aliphatic rings. The second-order valence-electron chi connectivity index (χ2n) is 8.60. The third-order valence-electron chi connectivity index (χ3n) is 5.68. The van der Waals surface area contributed by atoms with Crippen LogP contribution in [-0.2, 0) is 30.2 Å². The molecule has 0 spiro atoms. The van der Waals surface area contributed by atoms with Crippen molar-refractivity contribution < 1.29 is 45.8 Å². The van der Waals surface area contributed by atoms with Crippen molar-refractivity contribution in [1.82, 2.24) is 10.6 Å². The first-order chi connectivity index (χ1) is 18.3. The van der Waals surface area contributed by atoms with Gasteiger partial charge < -0.3 is 20.5 Å². The Bertz CT molecular complexity index is 1230. The number of ether oxygens (including phenoxy) is 1. The van der Waals surface area contributed by atoms with Crippen LogP contribution in [0.3, 0.4) is 0 Å². The van der Waals surface area contributed by atoms with E-state index >= 15 is 0 Å². The lowest BCUT2D eigenvalue weighted by molar-refractivity contribution is -0.143. The summed E-state index contributed by atoms with van der Waals surface area (Å²) in [6.45, 7) is -0.458. The highest BCUT2D eigenvalue weighted by atomic mass is 19.4. The van der Waals surface area contributed by atoms with Crippen molar-refractivity contribution in [3.8, 4) is 0 Å². The van der Waals surface area contributed by atoms with E-state index in [0.29, 0.717) is 23.3 Å². The number of carboxylic acid groups (broad SMARTS) is 1. The van der Waals surface area contributed by atoms with Crippen LogP contribution in [0.4, 0.5) is 31.1 Å². The van der Waals surface area contributed by atoms with E-state index in [0.717, 1.165) is 5.56 Å². The molecule has 3 aromatic rings. The van der Waals surface area contributed by atoms with Gasteiger partial charge in [-0.2, -0.15) is 26.3 Å². The van der Waals surface area contributed by atoms with Gasteiger partial charge in [0, 0.05) is 24.6 Å². The summed E-state index contributed by atoms with van der Waals surface area (Å²) in [6.07, 6.45) is -11.1. The normalized spacial score (nSPS) is 12.6. The van der Waals surface area contributed by atoms with E-state index in [2.05, 4.69) is 10.6 Å². The fourth-order valence-electron chi connectivity index (χ4n) is 3.69. The lowest BCUT2D eigenvalue weighted by Crippen LogP contribution is -2.30. The average Bonchev–Trinajstić information content (AvgIpc) is 2.89. The summed E-state index contributed by atoms with van der Waals surface area (Å²) in [7, 11) is 0. The summed E-state index contributed by atoms with van der Waals surface area (Å²) in [5.41, 5.74) is -1.43. The molecule has 3 aromatic carbocycles. The van der Waals surface area contributed by atoms with E-state index in [1.165, 1.54) is 12.1 Å². The van der Waals surface area contributed by atoms with Gasteiger partial charge in [0.25, 0.3) is 5.91 Å². The summed E-state index contributed by atoms with van der Waals surface area (Å²) < 4.78 is 84.4. The zero-order chi connectivity index (χ0) is 28.6. The van der Waals surface area contributed by atoms with Crippen molar-refractivity contribution in [2.24, 2.45) is 0 Å². The van der Waals surface area contributed by atoms with Gasteiger partial charge in [0.05, 0.1) is 24.3 Å². The van der Waals surface area contributed by atoms with Crippen LogP contribution in [0.5, 0.6) is 0 Å². The smallest absolute Gasteiger partial charge is 0.416 e. The number of nitrogens with one attached hydrogen (secondary N) is 2. The minimum absolute atomic E-state index is 0.0566. The Labute approximate surface area is 219 Å². The minimum atomic E-state index is -4.96. The Hall–Kier alpha value is -4.06. The molecule has 39 heavy (non-hydrogen) atoms. The van der Waals surface area contributed by atoms with Crippen LogP contribution in [0, 0.1) is 0 Å². The maximum absolute atomic E-state index is 13.1. The van der Waals surface area contributed by atoms with Crippen LogP contribution in [-0.4, -0.2) is 30.3 Å². The van der Waals surface area contributed by atoms with Crippen molar-refractivity contribution in [3.05, 3.63) is 106 Å². The number of alkyl halides is 6. The maximum Gasteiger partial charge on any atom is 0.416 e. The highest BCUT2D eigenvalue weighted by Gasteiger charge is 2.36. The summed E-state index contributed by atoms with van der Waals surface area (Å²) in [4.78, 5) is 23.2. The molecular formula is C27H24F6N2O4. The van der Waals surface area contributed by atoms with Crippen LogP contribution in [0.25, 0.3) is 0 Å².